The van der Waals surface area contributed by atoms with Crippen LogP contribution in [-0.2, 0) is 6.54 Å². The Bertz CT molecular complexity index is 574. The summed E-state index contributed by atoms with van der Waals surface area (Å²) in [6.07, 6.45) is 1.63. The van der Waals surface area contributed by atoms with Gasteiger partial charge >= 0.3 is 0 Å². The summed E-state index contributed by atoms with van der Waals surface area (Å²) in [6.45, 7) is 4.96. The maximum absolute atomic E-state index is 12.2. The van der Waals surface area contributed by atoms with Crippen molar-refractivity contribution < 1.29 is 4.79 Å². The number of rotatable bonds is 4. The molecule has 0 spiro atoms. The van der Waals surface area contributed by atoms with Crippen molar-refractivity contribution >= 4 is 5.78 Å². The number of ketones is 1. The number of aromatic nitrogens is 3. The number of carbonyl (C=O) groups excluding carboxylic acids is 1. The van der Waals surface area contributed by atoms with Gasteiger partial charge in [-0.05, 0) is 19.4 Å². The Morgan fingerprint density at radius 3 is 2.83 bits per heavy atom. The predicted octanol–water partition coefficient (Wildman–Crippen LogP) is 1.08. The number of hydrogen-bond donors (Lipinski definition) is 1. The first-order valence-electron chi connectivity index (χ1n) is 5.84. The second-order valence-corrected chi connectivity index (χ2v) is 4.30. The number of aryl methyl sites for hydroxylation is 2. The number of carbonyl (C=O) groups is 1. The number of hydrogen-bond acceptors (Lipinski definition) is 4. The van der Waals surface area contributed by atoms with Crippen LogP contribution < -0.4 is 5.73 Å². The Balaban J connectivity index is 2.29. The molecule has 2 rings (SSSR count). The normalized spacial score (nSPS) is 10.6. The van der Waals surface area contributed by atoms with Gasteiger partial charge in [0.1, 0.15) is 0 Å². The van der Waals surface area contributed by atoms with E-state index in [9.17, 15) is 4.79 Å². The fraction of sp³-hybridized carbons (Fsp3) is 0.308. The van der Waals surface area contributed by atoms with E-state index < -0.39 is 0 Å². The molecule has 0 saturated carbocycles. The average Bonchev–Trinajstić information content (AvgIpc) is 2.77. The van der Waals surface area contributed by atoms with Crippen molar-refractivity contribution in [1.29, 1.82) is 0 Å². The molecular weight excluding hydrogens is 228 g/mol. The smallest absolute Gasteiger partial charge is 0.215 e. The molecule has 1 heterocycles. The van der Waals surface area contributed by atoms with Gasteiger partial charge < -0.3 is 5.73 Å². The lowest BCUT2D eigenvalue weighted by Crippen LogP contribution is -2.10. The molecule has 5 heteroatoms. The maximum atomic E-state index is 12.2. The lowest BCUT2D eigenvalue weighted by atomic mass is 10.0. The van der Waals surface area contributed by atoms with Crippen LogP contribution in [0, 0.1) is 13.8 Å². The summed E-state index contributed by atoms with van der Waals surface area (Å²) in [4.78, 5) is 12.2. The number of nitrogens with zero attached hydrogens (tertiary/aromatic N) is 3. The zero-order chi connectivity index (χ0) is 13.1. The molecule has 0 aliphatic carbocycles. The SMILES string of the molecule is Cc1ccc(C(=O)c2cn(CCN)nn2)c(C)c1. The first kappa shape index (κ1) is 12.4. The van der Waals surface area contributed by atoms with Crippen molar-refractivity contribution in [2.45, 2.75) is 20.4 Å². The van der Waals surface area contributed by atoms with Crippen molar-refractivity contribution in [3.8, 4) is 0 Å². The van der Waals surface area contributed by atoms with Crippen LogP contribution in [0.25, 0.3) is 0 Å². The van der Waals surface area contributed by atoms with Crippen molar-refractivity contribution in [3.63, 3.8) is 0 Å². The fourth-order valence-electron chi connectivity index (χ4n) is 1.85. The van der Waals surface area contributed by atoms with Crippen molar-refractivity contribution in [2.75, 3.05) is 6.54 Å². The lowest BCUT2D eigenvalue weighted by Gasteiger charge is -2.03. The first-order chi connectivity index (χ1) is 8.61. The highest BCUT2D eigenvalue weighted by molar-refractivity contribution is 6.08. The lowest BCUT2D eigenvalue weighted by molar-refractivity contribution is 0.103. The quantitative estimate of drug-likeness (QED) is 0.817. The van der Waals surface area contributed by atoms with E-state index in [0.717, 1.165) is 11.1 Å². The van der Waals surface area contributed by atoms with Crippen LogP contribution in [0.3, 0.4) is 0 Å². The molecule has 0 aliphatic rings. The van der Waals surface area contributed by atoms with Crippen molar-refractivity contribution in [1.82, 2.24) is 15.0 Å². The molecule has 0 aliphatic heterocycles. The first-order valence-corrected chi connectivity index (χ1v) is 5.84. The Labute approximate surface area is 106 Å². The minimum atomic E-state index is -0.101. The molecule has 0 bridgehead atoms. The Morgan fingerprint density at radius 1 is 1.39 bits per heavy atom. The summed E-state index contributed by atoms with van der Waals surface area (Å²) in [5, 5.41) is 7.75. The largest absolute Gasteiger partial charge is 0.329 e. The molecule has 0 atom stereocenters. The third-order valence-electron chi connectivity index (χ3n) is 2.76. The summed E-state index contributed by atoms with van der Waals surface area (Å²) in [5.41, 5.74) is 8.54. The molecule has 1 aromatic heterocycles. The highest BCUT2D eigenvalue weighted by Gasteiger charge is 2.15. The third kappa shape index (κ3) is 2.46. The molecule has 94 valence electrons. The van der Waals surface area contributed by atoms with Gasteiger partial charge in [-0.1, -0.05) is 29.0 Å². The van der Waals surface area contributed by atoms with Crippen molar-refractivity contribution in [3.05, 3.63) is 46.8 Å². The molecule has 1 aromatic carbocycles. The van der Waals surface area contributed by atoms with Gasteiger partial charge in [0, 0.05) is 12.1 Å². The van der Waals surface area contributed by atoms with Crippen LogP contribution in [0.5, 0.6) is 0 Å². The van der Waals surface area contributed by atoms with Gasteiger partial charge in [-0.3, -0.25) is 9.48 Å². The summed E-state index contributed by atoms with van der Waals surface area (Å²) in [6, 6.07) is 5.73. The van der Waals surface area contributed by atoms with Gasteiger partial charge in [0.05, 0.1) is 12.7 Å². The zero-order valence-electron chi connectivity index (χ0n) is 10.6. The summed E-state index contributed by atoms with van der Waals surface area (Å²) >= 11 is 0. The topological polar surface area (TPSA) is 73.8 Å². The molecule has 2 aromatic rings. The van der Waals surface area contributed by atoms with E-state index in [2.05, 4.69) is 10.3 Å². The van der Waals surface area contributed by atoms with Crippen LogP contribution in [0.4, 0.5) is 0 Å². The van der Waals surface area contributed by atoms with Crippen molar-refractivity contribution in [2.24, 2.45) is 5.73 Å². The van der Waals surface area contributed by atoms with Gasteiger partial charge in [-0.2, -0.15) is 0 Å². The molecule has 0 amide bonds. The van der Waals surface area contributed by atoms with E-state index in [1.165, 1.54) is 0 Å². The van der Waals surface area contributed by atoms with Crippen LogP contribution in [0.1, 0.15) is 27.2 Å². The molecule has 0 radical (unpaired) electrons. The van der Waals surface area contributed by atoms with E-state index in [1.807, 2.05) is 32.0 Å². The molecule has 18 heavy (non-hydrogen) atoms. The molecule has 0 fully saturated rings. The summed E-state index contributed by atoms with van der Waals surface area (Å²) in [7, 11) is 0. The minimum Gasteiger partial charge on any atom is -0.329 e. The Kier molecular flexibility index (Phi) is 3.53. The summed E-state index contributed by atoms with van der Waals surface area (Å²) in [5.74, 6) is -0.101. The number of nitrogens with two attached hydrogens (primary N) is 1. The van der Waals surface area contributed by atoms with E-state index in [4.69, 9.17) is 5.73 Å². The second kappa shape index (κ2) is 5.10. The fourth-order valence-corrected chi connectivity index (χ4v) is 1.85. The molecule has 0 saturated heterocycles. The van der Waals surface area contributed by atoms with Gasteiger partial charge in [0.15, 0.2) is 5.69 Å². The third-order valence-corrected chi connectivity index (χ3v) is 2.76. The zero-order valence-corrected chi connectivity index (χ0v) is 10.6. The van der Waals surface area contributed by atoms with Gasteiger partial charge in [-0.15, -0.1) is 5.10 Å². The average molecular weight is 244 g/mol. The summed E-state index contributed by atoms with van der Waals surface area (Å²) < 4.78 is 1.58. The minimum absolute atomic E-state index is 0.101. The second-order valence-electron chi connectivity index (χ2n) is 4.30. The van der Waals surface area contributed by atoms with Crippen LogP contribution in [0.2, 0.25) is 0 Å². The number of benzene rings is 1. The van der Waals surface area contributed by atoms with Crippen LogP contribution in [-0.4, -0.2) is 27.3 Å². The van der Waals surface area contributed by atoms with E-state index >= 15 is 0 Å². The Hall–Kier alpha value is -2.01. The monoisotopic (exact) mass is 244 g/mol. The van der Waals surface area contributed by atoms with E-state index in [-0.39, 0.29) is 5.78 Å². The molecule has 0 unspecified atom stereocenters. The maximum Gasteiger partial charge on any atom is 0.215 e. The van der Waals surface area contributed by atoms with Crippen LogP contribution >= 0.6 is 0 Å². The highest BCUT2D eigenvalue weighted by atomic mass is 16.1. The van der Waals surface area contributed by atoms with Gasteiger partial charge in [0.2, 0.25) is 5.78 Å². The predicted molar refractivity (Wildman–Crippen MR) is 68.4 cm³/mol. The highest BCUT2D eigenvalue weighted by Crippen LogP contribution is 2.14. The standard InChI is InChI=1S/C13H16N4O/c1-9-3-4-11(10(2)7-9)13(18)12-8-17(6-5-14)16-15-12/h3-4,7-8H,5-6,14H2,1-2H3. The van der Waals surface area contributed by atoms with E-state index in [0.29, 0.717) is 24.3 Å². The van der Waals surface area contributed by atoms with Gasteiger partial charge in [-0.25, -0.2) is 0 Å². The van der Waals surface area contributed by atoms with Crippen LogP contribution in [0.15, 0.2) is 24.4 Å². The van der Waals surface area contributed by atoms with E-state index in [1.54, 1.807) is 10.9 Å². The van der Waals surface area contributed by atoms with Gasteiger partial charge in [0.25, 0.3) is 0 Å². The molecular formula is C13H16N4O. The Morgan fingerprint density at radius 2 is 2.17 bits per heavy atom. The molecule has 2 N–H and O–H groups in total. The molecule has 5 nitrogen and oxygen atoms in total.